The van der Waals surface area contributed by atoms with Crippen LogP contribution in [0.2, 0.25) is 0 Å². The Morgan fingerprint density at radius 1 is 1.36 bits per heavy atom. The molecule has 1 saturated heterocycles. The molecular weight excluding hydrogens is 294 g/mol. The van der Waals surface area contributed by atoms with Crippen molar-refractivity contribution in [3.63, 3.8) is 0 Å². The van der Waals surface area contributed by atoms with Gasteiger partial charge in [0.25, 0.3) is 5.91 Å². The van der Waals surface area contributed by atoms with Crippen LogP contribution >= 0.6 is 11.3 Å². The summed E-state index contributed by atoms with van der Waals surface area (Å²) < 4.78 is 0. The van der Waals surface area contributed by atoms with Crippen molar-refractivity contribution in [1.29, 1.82) is 0 Å². The molecule has 2 N–H and O–H groups in total. The number of amides is 1. The predicted octanol–water partition coefficient (Wildman–Crippen LogP) is 3.80. The minimum absolute atomic E-state index is 0.0830. The number of nitrogens with two attached hydrogens (primary N) is 1. The average molecular weight is 315 g/mol. The summed E-state index contributed by atoms with van der Waals surface area (Å²) in [5.74, 6) is 0.0830. The van der Waals surface area contributed by atoms with E-state index in [-0.39, 0.29) is 5.91 Å². The summed E-state index contributed by atoms with van der Waals surface area (Å²) in [5, 5.41) is 0.451. The number of hydrogen-bond acceptors (Lipinski definition) is 4. The van der Waals surface area contributed by atoms with E-state index < -0.39 is 0 Å². The molecule has 5 heteroatoms. The molecule has 22 heavy (non-hydrogen) atoms. The summed E-state index contributed by atoms with van der Waals surface area (Å²) in [6.45, 7) is 2.98. The van der Waals surface area contributed by atoms with E-state index in [1.807, 2.05) is 35.2 Å². The predicted molar refractivity (Wildman–Crippen MR) is 90.9 cm³/mol. The van der Waals surface area contributed by atoms with Crippen molar-refractivity contribution in [2.75, 3.05) is 12.3 Å². The molecule has 0 saturated carbocycles. The molecular formula is C17H21N3OS. The van der Waals surface area contributed by atoms with Gasteiger partial charge < -0.3 is 10.6 Å². The number of likely N-dealkylation sites (tertiary alicyclic amines) is 1. The van der Waals surface area contributed by atoms with E-state index >= 15 is 0 Å². The lowest BCUT2D eigenvalue weighted by molar-refractivity contribution is 0.0613. The number of piperidine rings is 1. The molecule has 0 aliphatic carbocycles. The summed E-state index contributed by atoms with van der Waals surface area (Å²) >= 11 is 1.30. The third-order valence-corrected chi connectivity index (χ3v) is 5.12. The zero-order chi connectivity index (χ0) is 15.5. The van der Waals surface area contributed by atoms with Gasteiger partial charge in [0, 0.05) is 18.2 Å². The third kappa shape index (κ3) is 2.86. The molecule has 116 valence electrons. The monoisotopic (exact) mass is 315 g/mol. The van der Waals surface area contributed by atoms with Gasteiger partial charge >= 0.3 is 0 Å². The number of anilines is 1. The maximum atomic E-state index is 13.0. The molecule has 1 aliphatic rings. The van der Waals surface area contributed by atoms with Gasteiger partial charge in [-0.05, 0) is 25.7 Å². The number of rotatable bonds is 3. The lowest BCUT2D eigenvalue weighted by Gasteiger charge is -2.35. The van der Waals surface area contributed by atoms with Gasteiger partial charge in [0.1, 0.15) is 4.88 Å². The molecule has 0 bridgehead atoms. The smallest absolute Gasteiger partial charge is 0.266 e. The summed E-state index contributed by atoms with van der Waals surface area (Å²) in [6, 6.07) is 10.1. The molecule has 1 aromatic heterocycles. The molecule has 4 nitrogen and oxygen atoms in total. The Morgan fingerprint density at radius 3 is 2.86 bits per heavy atom. The van der Waals surface area contributed by atoms with Crippen LogP contribution in [-0.4, -0.2) is 28.4 Å². The van der Waals surface area contributed by atoms with Crippen molar-refractivity contribution in [1.82, 2.24) is 9.88 Å². The third-order valence-electron chi connectivity index (χ3n) is 4.24. The largest absolute Gasteiger partial charge is 0.375 e. The first-order valence-corrected chi connectivity index (χ1v) is 8.65. The first kappa shape index (κ1) is 15.0. The fourth-order valence-corrected chi connectivity index (χ4v) is 3.91. The molecule has 1 aliphatic heterocycles. The van der Waals surface area contributed by atoms with Gasteiger partial charge in [-0.15, -0.1) is 0 Å². The van der Waals surface area contributed by atoms with Crippen LogP contribution in [0.25, 0.3) is 11.3 Å². The fourth-order valence-electron chi connectivity index (χ4n) is 3.10. The quantitative estimate of drug-likeness (QED) is 0.937. The van der Waals surface area contributed by atoms with Gasteiger partial charge in [-0.3, -0.25) is 4.79 Å². The Kier molecular flexibility index (Phi) is 4.43. The van der Waals surface area contributed by atoms with Gasteiger partial charge in [0.2, 0.25) is 0 Å². The standard InChI is InChI=1S/C17H21N3OS/c1-2-13-10-6-7-11-20(13)16(21)15-14(19-17(18)22-15)12-8-4-3-5-9-12/h3-5,8-9,13H,2,6-7,10-11H2,1H3,(H2,18,19). The summed E-state index contributed by atoms with van der Waals surface area (Å²) in [4.78, 5) is 20.1. The van der Waals surface area contributed by atoms with Crippen molar-refractivity contribution in [3.8, 4) is 11.3 Å². The zero-order valence-corrected chi connectivity index (χ0v) is 13.6. The van der Waals surface area contributed by atoms with Crippen LogP contribution in [0.15, 0.2) is 30.3 Å². The van der Waals surface area contributed by atoms with E-state index in [1.165, 1.54) is 17.8 Å². The van der Waals surface area contributed by atoms with E-state index in [1.54, 1.807) is 0 Å². The second-order valence-electron chi connectivity index (χ2n) is 5.65. The van der Waals surface area contributed by atoms with Gasteiger partial charge in [0.05, 0.1) is 5.69 Å². The molecule has 1 unspecified atom stereocenters. The number of benzene rings is 1. The van der Waals surface area contributed by atoms with Gasteiger partial charge in [-0.25, -0.2) is 4.98 Å². The second-order valence-corrected chi connectivity index (χ2v) is 6.68. The highest BCUT2D eigenvalue weighted by atomic mass is 32.1. The van der Waals surface area contributed by atoms with Crippen LogP contribution in [0, 0.1) is 0 Å². The summed E-state index contributed by atoms with van der Waals surface area (Å²) in [5.41, 5.74) is 7.55. The van der Waals surface area contributed by atoms with E-state index in [0.29, 0.717) is 21.7 Å². The molecule has 0 radical (unpaired) electrons. The van der Waals surface area contributed by atoms with Gasteiger partial charge in [-0.1, -0.05) is 48.6 Å². The molecule has 1 atom stereocenters. The maximum absolute atomic E-state index is 13.0. The highest BCUT2D eigenvalue weighted by molar-refractivity contribution is 7.17. The number of carbonyl (C=O) groups excluding carboxylic acids is 1. The van der Waals surface area contributed by atoms with Crippen molar-refractivity contribution in [2.45, 2.75) is 38.6 Å². The normalized spacial score (nSPS) is 18.4. The topological polar surface area (TPSA) is 59.2 Å². The van der Waals surface area contributed by atoms with Crippen LogP contribution in [0.1, 0.15) is 42.3 Å². The maximum Gasteiger partial charge on any atom is 0.266 e. The zero-order valence-electron chi connectivity index (χ0n) is 12.8. The molecule has 0 spiro atoms. The van der Waals surface area contributed by atoms with Crippen LogP contribution in [0.5, 0.6) is 0 Å². The second kappa shape index (κ2) is 6.48. The minimum Gasteiger partial charge on any atom is -0.375 e. The van der Waals surface area contributed by atoms with Gasteiger partial charge in [0.15, 0.2) is 5.13 Å². The Bertz CT molecular complexity index is 653. The average Bonchev–Trinajstić information content (AvgIpc) is 2.97. The van der Waals surface area contributed by atoms with Crippen LogP contribution in [0.4, 0.5) is 5.13 Å². The number of carbonyl (C=O) groups is 1. The molecule has 1 aromatic carbocycles. The lowest BCUT2D eigenvalue weighted by Crippen LogP contribution is -2.43. The van der Waals surface area contributed by atoms with Crippen molar-refractivity contribution < 1.29 is 4.79 Å². The van der Waals surface area contributed by atoms with Crippen LogP contribution < -0.4 is 5.73 Å². The molecule has 1 amide bonds. The first-order valence-electron chi connectivity index (χ1n) is 7.83. The highest BCUT2D eigenvalue weighted by Gasteiger charge is 2.29. The Balaban J connectivity index is 1.96. The van der Waals surface area contributed by atoms with Crippen LogP contribution in [0.3, 0.4) is 0 Å². The van der Waals surface area contributed by atoms with Crippen molar-refractivity contribution >= 4 is 22.4 Å². The van der Waals surface area contributed by atoms with E-state index in [2.05, 4.69) is 11.9 Å². The molecule has 3 rings (SSSR count). The minimum atomic E-state index is 0.0830. The Labute approximate surface area is 135 Å². The van der Waals surface area contributed by atoms with Gasteiger partial charge in [-0.2, -0.15) is 0 Å². The number of aromatic nitrogens is 1. The highest BCUT2D eigenvalue weighted by Crippen LogP contribution is 2.32. The lowest BCUT2D eigenvalue weighted by atomic mass is 9.99. The number of nitrogens with zero attached hydrogens (tertiary/aromatic N) is 2. The van der Waals surface area contributed by atoms with Crippen molar-refractivity contribution in [2.24, 2.45) is 0 Å². The van der Waals surface area contributed by atoms with E-state index in [9.17, 15) is 4.79 Å². The SMILES string of the molecule is CCC1CCCCN1C(=O)c1sc(N)nc1-c1ccccc1. The Hall–Kier alpha value is -1.88. The van der Waals surface area contributed by atoms with Crippen molar-refractivity contribution in [3.05, 3.63) is 35.2 Å². The number of nitrogen functional groups attached to an aromatic ring is 1. The van der Waals surface area contributed by atoms with Crippen LogP contribution in [-0.2, 0) is 0 Å². The summed E-state index contributed by atoms with van der Waals surface area (Å²) in [7, 11) is 0. The van der Waals surface area contributed by atoms with E-state index in [4.69, 9.17) is 5.73 Å². The first-order chi connectivity index (χ1) is 10.7. The number of hydrogen-bond donors (Lipinski definition) is 1. The molecule has 1 fully saturated rings. The summed E-state index contributed by atoms with van der Waals surface area (Å²) in [6.07, 6.45) is 4.38. The Morgan fingerprint density at radius 2 is 2.14 bits per heavy atom. The molecule has 2 aromatic rings. The fraction of sp³-hybridized carbons (Fsp3) is 0.412. The number of thiazole rings is 1. The van der Waals surface area contributed by atoms with E-state index in [0.717, 1.165) is 31.4 Å². The molecule has 2 heterocycles.